The van der Waals surface area contributed by atoms with E-state index in [1.54, 1.807) is 17.7 Å². The van der Waals surface area contributed by atoms with Crippen LogP contribution < -0.4 is 4.90 Å². The maximum atomic E-state index is 11.2. The van der Waals surface area contributed by atoms with Crippen molar-refractivity contribution in [2.75, 3.05) is 18.0 Å². The average Bonchev–Trinajstić information content (AvgIpc) is 2.94. The molecule has 1 fully saturated rings. The Hall–Kier alpha value is -1.75. The molecule has 0 aliphatic carbocycles. The SMILES string of the molecule is O=C1CCN(c2cc(-c3cccs3)ncn2)CC1. The lowest BCUT2D eigenvalue weighted by Crippen LogP contribution is -2.34. The molecule has 3 heterocycles. The number of carbonyl (C=O) groups excluding carboxylic acids is 1. The monoisotopic (exact) mass is 259 g/mol. The Labute approximate surface area is 109 Å². The zero-order valence-corrected chi connectivity index (χ0v) is 10.7. The number of hydrogen-bond donors (Lipinski definition) is 0. The van der Waals surface area contributed by atoms with Gasteiger partial charge in [-0.1, -0.05) is 6.07 Å². The van der Waals surface area contributed by atoms with Crippen molar-refractivity contribution in [1.29, 1.82) is 0 Å². The number of hydrogen-bond acceptors (Lipinski definition) is 5. The smallest absolute Gasteiger partial charge is 0.136 e. The molecule has 2 aromatic heterocycles. The topological polar surface area (TPSA) is 46.1 Å². The van der Waals surface area contributed by atoms with Crippen LogP contribution in [0.2, 0.25) is 0 Å². The van der Waals surface area contributed by atoms with Crippen molar-refractivity contribution >= 4 is 22.9 Å². The second-order valence-corrected chi connectivity index (χ2v) is 5.21. The van der Waals surface area contributed by atoms with Gasteiger partial charge in [0.25, 0.3) is 0 Å². The van der Waals surface area contributed by atoms with Crippen LogP contribution in [0.15, 0.2) is 29.9 Å². The molecule has 2 aromatic rings. The number of rotatable bonds is 2. The number of ketones is 1. The largest absolute Gasteiger partial charge is 0.356 e. The fourth-order valence-corrected chi connectivity index (χ4v) is 2.76. The molecule has 5 heteroatoms. The van der Waals surface area contributed by atoms with Gasteiger partial charge in [-0.2, -0.15) is 0 Å². The van der Waals surface area contributed by atoms with Gasteiger partial charge in [0.2, 0.25) is 0 Å². The Morgan fingerprint density at radius 3 is 2.78 bits per heavy atom. The highest BCUT2D eigenvalue weighted by atomic mass is 32.1. The van der Waals surface area contributed by atoms with Crippen LogP contribution in [0.4, 0.5) is 5.82 Å². The van der Waals surface area contributed by atoms with E-state index in [0.29, 0.717) is 18.6 Å². The summed E-state index contributed by atoms with van der Waals surface area (Å²) in [5.41, 5.74) is 0.951. The molecule has 0 atom stereocenters. The third kappa shape index (κ3) is 2.26. The van der Waals surface area contributed by atoms with Crippen molar-refractivity contribution < 1.29 is 4.79 Å². The van der Waals surface area contributed by atoms with Crippen LogP contribution in [-0.4, -0.2) is 28.8 Å². The van der Waals surface area contributed by atoms with Crippen LogP contribution in [0.25, 0.3) is 10.6 Å². The number of anilines is 1. The maximum absolute atomic E-state index is 11.2. The van der Waals surface area contributed by atoms with Crippen LogP contribution in [0.1, 0.15) is 12.8 Å². The molecule has 0 bridgehead atoms. The molecule has 92 valence electrons. The summed E-state index contributed by atoms with van der Waals surface area (Å²) in [7, 11) is 0. The van der Waals surface area contributed by atoms with E-state index in [9.17, 15) is 4.79 Å². The van der Waals surface area contributed by atoms with E-state index < -0.39 is 0 Å². The lowest BCUT2D eigenvalue weighted by molar-refractivity contribution is -0.119. The van der Waals surface area contributed by atoms with Gasteiger partial charge in [-0.25, -0.2) is 9.97 Å². The van der Waals surface area contributed by atoms with Crippen molar-refractivity contribution in [3.05, 3.63) is 29.9 Å². The van der Waals surface area contributed by atoms with Crippen molar-refractivity contribution in [2.45, 2.75) is 12.8 Å². The summed E-state index contributed by atoms with van der Waals surface area (Å²) in [5.74, 6) is 1.26. The quantitative estimate of drug-likeness (QED) is 0.830. The summed E-state index contributed by atoms with van der Waals surface area (Å²) >= 11 is 1.67. The first-order chi connectivity index (χ1) is 8.83. The van der Waals surface area contributed by atoms with Gasteiger partial charge in [0, 0.05) is 32.0 Å². The normalized spacial score (nSPS) is 16.0. The van der Waals surface area contributed by atoms with Crippen LogP contribution in [0.5, 0.6) is 0 Å². The molecule has 4 nitrogen and oxygen atoms in total. The van der Waals surface area contributed by atoms with E-state index in [-0.39, 0.29) is 0 Å². The molecule has 3 rings (SSSR count). The zero-order chi connectivity index (χ0) is 12.4. The molecule has 0 radical (unpaired) electrons. The van der Waals surface area contributed by atoms with Gasteiger partial charge in [0.1, 0.15) is 17.9 Å². The second kappa shape index (κ2) is 4.86. The Balaban J connectivity index is 1.85. The summed E-state index contributed by atoms with van der Waals surface area (Å²) in [5, 5.41) is 2.04. The Morgan fingerprint density at radius 1 is 1.22 bits per heavy atom. The predicted octanol–water partition coefficient (Wildman–Crippen LogP) is 2.37. The predicted molar refractivity (Wildman–Crippen MR) is 71.8 cm³/mol. The molecule has 1 saturated heterocycles. The first-order valence-corrected chi connectivity index (χ1v) is 6.83. The number of Topliss-reactive ketones (excluding diaryl/α,β-unsaturated/α-hetero) is 1. The standard InChI is InChI=1S/C13H13N3OS/c17-10-3-5-16(6-4-10)13-8-11(14-9-15-13)12-2-1-7-18-12/h1-2,7-9H,3-6H2. The van der Waals surface area contributed by atoms with E-state index in [2.05, 4.69) is 20.9 Å². The Kier molecular flexibility index (Phi) is 3.06. The molecular weight excluding hydrogens is 246 g/mol. The number of nitrogens with zero attached hydrogens (tertiary/aromatic N) is 3. The van der Waals surface area contributed by atoms with Crippen LogP contribution in [0, 0.1) is 0 Å². The van der Waals surface area contributed by atoms with Gasteiger partial charge in [-0.3, -0.25) is 4.79 Å². The zero-order valence-electron chi connectivity index (χ0n) is 9.87. The summed E-state index contributed by atoms with van der Waals surface area (Å²) < 4.78 is 0. The maximum Gasteiger partial charge on any atom is 0.136 e. The fourth-order valence-electron chi connectivity index (χ4n) is 2.06. The molecule has 0 spiro atoms. The Morgan fingerprint density at radius 2 is 2.06 bits per heavy atom. The molecule has 1 aliphatic rings. The lowest BCUT2D eigenvalue weighted by Gasteiger charge is -2.26. The number of carbonyl (C=O) groups is 1. The molecule has 1 aliphatic heterocycles. The second-order valence-electron chi connectivity index (χ2n) is 4.26. The van der Waals surface area contributed by atoms with Crippen molar-refractivity contribution in [3.8, 4) is 10.6 Å². The fraction of sp³-hybridized carbons (Fsp3) is 0.308. The van der Waals surface area contributed by atoms with Gasteiger partial charge in [-0.05, 0) is 11.4 Å². The summed E-state index contributed by atoms with van der Waals surface area (Å²) in [6.07, 6.45) is 2.84. The van der Waals surface area contributed by atoms with Crippen LogP contribution in [-0.2, 0) is 4.79 Å². The third-order valence-corrected chi connectivity index (χ3v) is 3.96. The summed E-state index contributed by atoms with van der Waals surface area (Å²) in [6, 6.07) is 6.07. The van der Waals surface area contributed by atoms with Crippen molar-refractivity contribution in [3.63, 3.8) is 0 Å². The minimum Gasteiger partial charge on any atom is -0.356 e. The lowest BCUT2D eigenvalue weighted by atomic mass is 10.1. The van der Waals surface area contributed by atoms with Crippen molar-refractivity contribution in [2.24, 2.45) is 0 Å². The van der Waals surface area contributed by atoms with Gasteiger partial charge < -0.3 is 4.90 Å². The first kappa shape index (κ1) is 11.3. The third-order valence-electron chi connectivity index (χ3n) is 3.07. The van der Waals surface area contributed by atoms with E-state index >= 15 is 0 Å². The van der Waals surface area contributed by atoms with Gasteiger partial charge in [0.05, 0.1) is 10.6 Å². The van der Waals surface area contributed by atoms with E-state index in [1.807, 2.05) is 17.5 Å². The number of piperidine rings is 1. The van der Waals surface area contributed by atoms with E-state index in [0.717, 1.165) is 29.5 Å². The molecule has 0 aromatic carbocycles. The highest BCUT2D eigenvalue weighted by molar-refractivity contribution is 7.13. The minimum absolute atomic E-state index is 0.346. The summed E-state index contributed by atoms with van der Waals surface area (Å²) in [4.78, 5) is 23.1. The first-order valence-electron chi connectivity index (χ1n) is 5.95. The van der Waals surface area contributed by atoms with Crippen molar-refractivity contribution in [1.82, 2.24) is 9.97 Å². The van der Waals surface area contributed by atoms with Gasteiger partial charge in [-0.15, -0.1) is 11.3 Å². The highest BCUT2D eigenvalue weighted by Crippen LogP contribution is 2.25. The molecule has 0 unspecified atom stereocenters. The van der Waals surface area contributed by atoms with E-state index in [1.165, 1.54) is 0 Å². The molecule has 0 amide bonds. The summed E-state index contributed by atoms with van der Waals surface area (Å²) in [6.45, 7) is 1.53. The minimum atomic E-state index is 0.346. The highest BCUT2D eigenvalue weighted by Gasteiger charge is 2.17. The van der Waals surface area contributed by atoms with Crippen LogP contribution in [0.3, 0.4) is 0 Å². The van der Waals surface area contributed by atoms with E-state index in [4.69, 9.17) is 0 Å². The number of aromatic nitrogens is 2. The molecule has 0 N–H and O–H groups in total. The van der Waals surface area contributed by atoms with Gasteiger partial charge >= 0.3 is 0 Å². The number of thiophene rings is 1. The molecule has 0 saturated carbocycles. The van der Waals surface area contributed by atoms with Crippen LogP contribution >= 0.6 is 11.3 Å². The molecule has 18 heavy (non-hydrogen) atoms. The average molecular weight is 259 g/mol. The van der Waals surface area contributed by atoms with Gasteiger partial charge in [0.15, 0.2) is 0 Å². The molecular formula is C13H13N3OS. The Bertz CT molecular complexity index is 543.